The molecule has 1 unspecified atom stereocenters. The Morgan fingerprint density at radius 1 is 0.970 bits per heavy atom. The standard InChI is InChI=1S/C27H36O5S/c1-27(2,3)32-26(28)25(23-13-7-8-14-23)24-17-15-21(16-18-24)12-9-19-31-33(29,30)20-22-10-5-4-6-11-22/h4-6,10-11,15-18,23,25H,7-9,12-14,19-20H2,1-3H3. The first-order valence-corrected chi connectivity index (χ1v) is 13.4. The SMILES string of the molecule is CC(C)(C)OC(=O)C(c1ccc(CCCOS(=O)(=O)Cc2ccccc2)cc1)C1CCCC1. The van der Waals surface area contributed by atoms with Gasteiger partial charge in [-0.3, -0.25) is 8.98 Å². The topological polar surface area (TPSA) is 69.7 Å². The maximum atomic E-state index is 13.0. The van der Waals surface area contributed by atoms with Gasteiger partial charge in [-0.1, -0.05) is 67.4 Å². The molecule has 3 rings (SSSR count). The fourth-order valence-corrected chi connectivity index (χ4v) is 5.49. The Kier molecular flexibility index (Phi) is 8.71. The van der Waals surface area contributed by atoms with Crippen molar-refractivity contribution in [3.63, 3.8) is 0 Å². The van der Waals surface area contributed by atoms with Crippen LogP contribution in [0.1, 0.15) is 75.5 Å². The minimum Gasteiger partial charge on any atom is -0.459 e. The summed E-state index contributed by atoms with van der Waals surface area (Å²) in [6.45, 7) is 5.87. The van der Waals surface area contributed by atoms with Gasteiger partial charge in [0.1, 0.15) is 11.4 Å². The van der Waals surface area contributed by atoms with E-state index in [9.17, 15) is 13.2 Å². The molecule has 0 radical (unpaired) electrons. The van der Waals surface area contributed by atoms with Crippen molar-refractivity contribution >= 4 is 16.1 Å². The van der Waals surface area contributed by atoms with E-state index in [4.69, 9.17) is 8.92 Å². The smallest absolute Gasteiger partial charge is 0.314 e. The van der Waals surface area contributed by atoms with Gasteiger partial charge >= 0.3 is 5.97 Å². The number of benzene rings is 2. The highest BCUT2D eigenvalue weighted by Gasteiger charge is 2.35. The summed E-state index contributed by atoms with van der Waals surface area (Å²) in [5, 5.41) is 0. The molecule has 0 spiro atoms. The number of carbonyl (C=O) groups excluding carboxylic acids is 1. The fraction of sp³-hybridized carbons (Fsp3) is 0.519. The quantitative estimate of drug-likeness (QED) is 0.249. The Balaban J connectivity index is 1.54. The lowest BCUT2D eigenvalue weighted by Crippen LogP contribution is -2.30. The number of rotatable bonds is 10. The first-order chi connectivity index (χ1) is 15.6. The molecule has 1 aliphatic carbocycles. The number of esters is 1. The third kappa shape index (κ3) is 8.27. The van der Waals surface area contributed by atoms with Crippen molar-refractivity contribution in [3.05, 3.63) is 71.3 Å². The van der Waals surface area contributed by atoms with Gasteiger partial charge in [-0.2, -0.15) is 8.42 Å². The molecule has 0 N–H and O–H groups in total. The molecule has 0 bridgehead atoms. The van der Waals surface area contributed by atoms with Crippen LogP contribution >= 0.6 is 0 Å². The minimum absolute atomic E-state index is 0.115. The van der Waals surface area contributed by atoms with Crippen molar-refractivity contribution < 1.29 is 22.1 Å². The van der Waals surface area contributed by atoms with Crippen LogP contribution in [0.4, 0.5) is 0 Å². The molecule has 6 heteroatoms. The first kappa shape index (κ1) is 25.4. The highest BCUT2D eigenvalue weighted by atomic mass is 32.2. The summed E-state index contributed by atoms with van der Waals surface area (Å²) in [6.07, 6.45) is 5.75. The van der Waals surface area contributed by atoms with E-state index in [1.807, 2.05) is 63.2 Å². The molecule has 0 heterocycles. The molecule has 2 aromatic rings. The van der Waals surface area contributed by atoms with E-state index in [2.05, 4.69) is 0 Å². The number of aryl methyl sites for hydroxylation is 1. The lowest BCUT2D eigenvalue weighted by Gasteiger charge is -2.27. The average Bonchev–Trinajstić information content (AvgIpc) is 3.26. The summed E-state index contributed by atoms with van der Waals surface area (Å²) in [5.41, 5.74) is 2.31. The van der Waals surface area contributed by atoms with Crippen molar-refractivity contribution in [2.75, 3.05) is 6.61 Å². The molecule has 33 heavy (non-hydrogen) atoms. The van der Waals surface area contributed by atoms with Crippen LogP contribution in [0.2, 0.25) is 0 Å². The van der Waals surface area contributed by atoms with Crippen molar-refractivity contribution in [2.24, 2.45) is 5.92 Å². The Bertz CT molecular complexity index is 985. The summed E-state index contributed by atoms with van der Waals surface area (Å²) < 4.78 is 35.2. The van der Waals surface area contributed by atoms with Gasteiger partial charge in [-0.05, 0) is 69.1 Å². The number of hydrogen-bond acceptors (Lipinski definition) is 5. The zero-order valence-corrected chi connectivity index (χ0v) is 20.8. The highest BCUT2D eigenvalue weighted by Crippen LogP contribution is 2.39. The van der Waals surface area contributed by atoms with Gasteiger partial charge in [0.2, 0.25) is 0 Å². The number of hydrogen-bond donors (Lipinski definition) is 0. The first-order valence-electron chi connectivity index (χ1n) is 11.9. The van der Waals surface area contributed by atoms with Gasteiger partial charge in [-0.25, -0.2) is 0 Å². The molecule has 180 valence electrons. The van der Waals surface area contributed by atoms with Gasteiger partial charge in [0.15, 0.2) is 0 Å². The molecule has 0 saturated heterocycles. The molecule has 1 atom stereocenters. The van der Waals surface area contributed by atoms with Gasteiger partial charge in [-0.15, -0.1) is 0 Å². The van der Waals surface area contributed by atoms with Crippen LogP contribution in [0.5, 0.6) is 0 Å². The average molecular weight is 473 g/mol. The summed E-state index contributed by atoms with van der Waals surface area (Å²) >= 11 is 0. The zero-order valence-electron chi connectivity index (χ0n) is 20.0. The van der Waals surface area contributed by atoms with Gasteiger partial charge in [0.25, 0.3) is 10.1 Å². The van der Waals surface area contributed by atoms with Crippen LogP contribution in [0.3, 0.4) is 0 Å². The second kappa shape index (κ2) is 11.3. The van der Waals surface area contributed by atoms with E-state index in [0.29, 0.717) is 18.8 Å². The normalized spacial score (nSPS) is 16.0. The van der Waals surface area contributed by atoms with Crippen molar-refractivity contribution in [1.82, 2.24) is 0 Å². The zero-order chi connectivity index (χ0) is 23.9. The second-order valence-electron chi connectivity index (χ2n) is 9.91. The number of carbonyl (C=O) groups is 1. The van der Waals surface area contributed by atoms with Gasteiger partial charge < -0.3 is 4.74 Å². The van der Waals surface area contributed by atoms with E-state index in [1.165, 1.54) is 0 Å². The van der Waals surface area contributed by atoms with Gasteiger partial charge in [0.05, 0.1) is 12.5 Å². The molecular weight excluding hydrogens is 436 g/mol. The number of ether oxygens (including phenoxy) is 1. The monoisotopic (exact) mass is 472 g/mol. The second-order valence-corrected chi connectivity index (χ2v) is 11.6. The molecule has 2 aromatic carbocycles. The van der Waals surface area contributed by atoms with E-state index >= 15 is 0 Å². The van der Waals surface area contributed by atoms with Crippen LogP contribution < -0.4 is 0 Å². The summed E-state index contributed by atoms with van der Waals surface area (Å²) in [4.78, 5) is 13.0. The van der Waals surface area contributed by atoms with Crippen LogP contribution in [-0.2, 0) is 36.0 Å². The Hall–Kier alpha value is -2.18. The molecule has 1 fully saturated rings. The predicted octanol–water partition coefficient (Wildman–Crippen LogP) is 5.78. The van der Waals surface area contributed by atoms with Crippen molar-refractivity contribution in [1.29, 1.82) is 0 Å². The summed E-state index contributed by atoms with van der Waals surface area (Å²) in [5.74, 6) is -0.157. The Morgan fingerprint density at radius 2 is 1.61 bits per heavy atom. The molecular formula is C27H36O5S. The van der Waals surface area contributed by atoms with Crippen LogP contribution in [-0.4, -0.2) is 26.6 Å². The van der Waals surface area contributed by atoms with Crippen LogP contribution in [0, 0.1) is 5.92 Å². The van der Waals surface area contributed by atoms with Crippen LogP contribution in [0.15, 0.2) is 54.6 Å². The maximum absolute atomic E-state index is 13.0. The minimum atomic E-state index is -3.59. The molecule has 0 amide bonds. The Morgan fingerprint density at radius 3 is 2.21 bits per heavy atom. The van der Waals surface area contributed by atoms with Crippen LogP contribution in [0.25, 0.3) is 0 Å². The van der Waals surface area contributed by atoms with Crippen molar-refractivity contribution in [3.8, 4) is 0 Å². The Labute approximate surface area is 198 Å². The molecule has 0 aliphatic heterocycles. The molecule has 5 nitrogen and oxygen atoms in total. The largest absolute Gasteiger partial charge is 0.459 e. The highest BCUT2D eigenvalue weighted by molar-refractivity contribution is 7.85. The van der Waals surface area contributed by atoms with E-state index in [1.54, 1.807) is 12.1 Å². The molecule has 1 saturated carbocycles. The van der Waals surface area contributed by atoms with E-state index in [-0.39, 0.29) is 24.2 Å². The third-order valence-electron chi connectivity index (χ3n) is 5.93. The lowest BCUT2D eigenvalue weighted by atomic mass is 9.84. The maximum Gasteiger partial charge on any atom is 0.314 e. The molecule has 1 aliphatic rings. The lowest BCUT2D eigenvalue weighted by molar-refractivity contribution is -0.158. The van der Waals surface area contributed by atoms with Gasteiger partial charge in [0, 0.05) is 0 Å². The summed E-state index contributed by atoms with van der Waals surface area (Å²) in [7, 11) is -3.59. The fourth-order valence-electron chi connectivity index (χ4n) is 4.43. The van der Waals surface area contributed by atoms with Crippen molar-refractivity contribution in [2.45, 2.75) is 76.6 Å². The summed E-state index contributed by atoms with van der Waals surface area (Å²) in [6, 6.07) is 17.1. The van der Waals surface area contributed by atoms with E-state index in [0.717, 1.165) is 42.4 Å². The van der Waals surface area contributed by atoms with E-state index < -0.39 is 15.7 Å². The third-order valence-corrected chi connectivity index (χ3v) is 7.14. The molecule has 0 aromatic heterocycles. The predicted molar refractivity (Wildman–Crippen MR) is 130 cm³/mol.